The minimum atomic E-state index is -2.02. The number of rotatable bonds is 17. The molecule has 2 N–H and O–H groups in total. The smallest absolute Gasteiger partial charge is 0.306 e. The van der Waals surface area contributed by atoms with E-state index in [4.69, 9.17) is 4.74 Å². The Labute approximate surface area is 270 Å². The lowest BCUT2D eigenvalue weighted by Gasteiger charge is -2.62. The number of carbonyl (C=O) groups excluding carboxylic acids is 3. The molecule has 7 heteroatoms. The molecule has 4 aliphatic rings. The van der Waals surface area contributed by atoms with Gasteiger partial charge in [-0.1, -0.05) is 109 Å². The largest absolute Gasteiger partial charge is 0.458 e. The summed E-state index contributed by atoms with van der Waals surface area (Å²) < 4.78 is 22.7. The Bertz CT molecular complexity index is 1130. The van der Waals surface area contributed by atoms with Gasteiger partial charge in [-0.2, -0.15) is 0 Å². The predicted molar refractivity (Wildman–Crippen MR) is 174 cm³/mol. The van der Waals surface area contributed by atoms with Gasteiger partial charge in [-0.25, -0.2) is 4.39 Å². The van der Waals surface area contributed by atoms with Gasteiger partial charge in [-0.15, -0.1) is 0 Å². The number of aliphatic hydroxyl groups is 2. The molecule has 45 heavy (non-hydrogen) atoms. The summed E-state index contributed by atoms with van der Waals surface area (Å²) in [6.07, 6.45) is 20.4. The van der Waals surface area contributed by atoms with Crippen molar-refractivity contribution in [2.24, 2.45) is 28.6 Å². The quantitative estimate of drug-likeness (QED) is 0.125. The number of Topliss-reactive ketones (excluding diaryl/α,β-unsaturated/α-hetero) is 1. The Morgan fingerprint density at radius 3 is 2.13 bits per heavy atom. The van der Waals surface area contributed by atoms with E-state index >= 15 is 4.39 Å². The highest BCUT2D eigenvalue weighted by molar-refractivity contribution is 6.01. The van der Waals surface area contributed by atoms with Crippen LogP contribution in [0.4, 0.5) is 4.39 Å². The van der Waals surface area contributed by atoms with Crippen LogP contribution in [0.15, 0.2) is 23.8 Å². The summed E-state index contributed by atoms with van der Waals surface area (Å²) in [6.45, 7) is 7.08. The normalized spacial score (nSPS) is 37.0. The first-order valence-electron chi connectivity index (χ1n) is 18.1. The Hall–Kier alpha value is -1.86. The lowest BCUT2D eigenvalue weighted by atomic mass is 9.44. The van der Waals surface area contributed by atoms with Crippen molar-refractivity contribution in [1.82, 2.24) is 0 Å². The van der Waals surface area contributed by atoms with Gasteiger partial charge in [0.15, 0.2) is 18.1 Å². The van der Waals surface area contributed by atoms with Gasteiger partial charge in [0.05, 0.1) is 6.10 Å². The summed E-state index contributed by atoms with van der Waals surface area (Å²) in [5.41, 5.74) is -5.36. The minimum absolute atomic E-state index is 0.0885. The third kappa shape index (κ3) is 6.77. The van der Waals surface area contributed by atoms with Crippen molar-refractivity contribution in [1.29, 1.82) is 0 Å². The van der Waals surface area contributed by atoms with Crippen molar-refractivity contribution < 1.29 is 33.7 Å². The molecule has 254 valence electrons. The molecular weight excluding hydrogens is 571 g/mol. The van der Waals surface area contributed by atoms with Gasteiger partial charge in [-0.3, -0.25) is 14.4 Å². The first-order valence-corrected chi connectivity index (χ1v) is 18.1. The van der Waals surface area contributed by atoms with Crippen LogP contribution < -0.4 is 0 Å². The highest BCUT2D eigenvalue weighted by Gasteiger charge is 2.75. The zero-order valence-electron chi connectivity index (χ0n) is 28.4. The number of ether oxygens (including phenoxy) is 1. The highest BCUT2D eigenvalue weighted by Crippen LogP contribution is 2.70. The van der Waals surface area contributed by atoms with Crippen LogP contribution in [-0.2, 0) is 19.1 Å². The monoisotopic (exact) mass is 630 g/mol. The molecule has 4 aliphatic carbocycles. The van der Waals surface area contributed by atoms with E-state index in [1.807, 2.05) is 0 Å². The molecule has 3 saturated carbocycles. The molecule has 0 unspecified atom stereocenters. The third-order valence-corrected chi connectivity index (χ3v) is 12.5. The van der Waals surface area contributed by atoms with Gasteiger partial charge in [0.1, 0.15) is 5.60 Å². The first kappa shape index (κ1) is 36.0. The number of ketones is 2. The van der Waals surface area contributed by atoms with E-state index in [1.165, 1.54) is 76.4 Å². The molecule has 8 atom stereocenters. The van der Waals surface area contributed by atoms with Crippen LogP contribution in [0.25, 0.3) is 0 Å². The molecule has 0 radical (unpaired) electrons. The lowest BCUT2D eigenvalue weighted by molar-refractivity contribution is -0.220. The zero-order valence-corrected chi connectivity index (χ0v) is 28.4. The number of fused-ring (bicyclic) bond motifs is 5. The van der Waals surface area contributed by atoms with E-state index in [2.05, 4.69) is 6.92 Å². The van der Waals surface area contributed by atoms with Gasteiger partial charge in [-0.05, 0) is 63.0 Å². The van der Waals surface area contributed by atoms with Crippen molar-refractivity contribution in [3.8, 4) is 0 Å². The summed E-state index contributed by atoms with van der Waals surface area (Å²) in [6, 6.07) is 0. The SMILES string of the molecule is CCCCCCCCCCCCCCCC(=O)OCC(=O)[C@@]1(O)[C@H](C)C[C@H]2[C@@H]3CCC4=CC(=O)C=C[C@]4(C)[C@@]3(F)[C@@H](O)C[C@@]21C. The molecule has 0 bridgehead atoms. The fourth-order valence-corrected chi connectivity index (χ4v) is 9.76. The number of alkyl halides is 1. The van der Waals surface area contributed by atoms with Gasteiger partial charge < -0.3 is 14.9 Å². The number of halogens is 1. The number of hydrogen-bond acceptors (Lipinski definition) is 6. The molecule has 0 aromatic rings. The van der Waals surface area contributed by atoms with Gasteiger partial charge in [0.2, 0.25) is 5.78 Å². The van der Waals surface area contributed by atoms with Crippen LogP contribution in [0, 0.1) is 28.6 Å². The molecule has 3 fully saturated rings. The number of esters is 1. The predicted octanol–water partition coefficient (Wildman–Crippen LogP) is 7.93. The maximum Gasteiger partial charge on any atom is 0.306 e. The van der Waals surface area contributed by atoms with Gasteiger partial charge in [0, 0.05) is 23.2 Å². The van der Waals surface area contributed by atoms with Crippen LogP contribution in [0.2, 0.25) is 0 Å². The van der Waals surface area contributed by atoms with Crippen molar-refractivity contribution in [3.05, 3.63) is 23.8 Å². The second-order valence-corrected chi connectivity index (χ2v) is 15.2. The van der Waals surface area contributed by atoms with E-state index in [0.717, 1.165) is 12.8 Å². The van der Waals surface area contributed by atoms with Crippen molar-refractivity contribution in [3.63, 3.8) is 0 Å². The molecule has 0 saturated heterocycles. The Morgan fingerprint density at radius 2 is 1.53 bits per heavy atom. The number of carbonyl (C=O) groups is 3. The standard InChI is InChI=1S/C38H59FO6/c1-5-6-7-8-9-10-11-12-13-14-15-16-17-18-34(43)45-26-33(42)38(44)27(2)23-31-30-20-19-28-24-29(40)21-22-35(28,3)37(30,39)32(41)25-36(31,38)4/h21-22,24,27,30-32,41,44H,5-20,23,25-26H2,1-4H3/t27-,30+,31+,32+,35+,36+,37+,38+/m1/s1. The second-order valence-electron chi connectivity index (χ2n) is 15.2. The van der Waals surface area contributed by atoms with E-state index in [1.54, 1.807) is 26.8 Å². The summed E-state index contributed by atoms with van der Waals surface area (Å²) >= 11 is 0. The molecule has 0 aromatic heterocycles. The number of allylic oxidation sites excluding steroid dienone is 4. The Kier molecular flexibility index (Phi) is 11.9. The summed E-state index contributed by atoms with van der Waals surface area (Å²) in [4.78, 5) is 38.2. The van der Waals surface area contributed by atoms with Crippen LogP contribution in [0.3, 0.4) is 0 Å². The fourth-order valence-electron chi connectivity index (χ4n) is 9.76. The molecule has 0 aromatic carbocycles. The Morgan fingerprint density at radius 1 is 0.956 bits per heavy atom. The summed E-state index contributed by atoms with van der Waals surface area (Å²) in [7, 11) is 0. The first-order chi connectivity index (χ1) is 21.4. The van der Waals surface area contributed by atoms with E-state index in [9.17, 15) is 24.6 Å². The average molecular weight is 631 g/mol. The topological polar surface area (TPSA) is 101 Å². The number of aliphatic hydroxyl groups excluding tert-OH is 1. The van der Waals surface area contributed by atoms with Crippen molar-refractivity contribution in [2.75, 3.05) is 6.61 Å². The molecule has 0 heterocycles. The lowest BCUT2D eigenvalue weighted by Crippen LogP contribution is -2.69. The number of unbranched alkanes of at least 4 members (excludes halogenated alkanes) is 12. The van der Waals surface area contributed by atoms with E-state index in [0.29, 0.717) is 31.3 Å². The van der Waals surface area contributed by atoms with Gasteiger partial charge >= 0.3 is 5.97 Å². The maximum absolute atomic E-state index is 17.3. The minimum Gasteiger partial charge on any atom is -0.458 e. The summed E-state index contributed by atoms with van der Waals surface area (Å²) in [5.74, 6) is -2.59. The van der Waals surface area contributed by atoms with Crippen molar-refractivity contribution in [2.45, 2.75) is 161 Å². The number of hydrogen-bond donors (Lipinski definition) is 2. The molecule has 6 nitrogen and oxygen atoms in total. The van der Waals surface area contributed by atoms with E-state index in [-0.39, 0.29) is 24.5 Å². The second kappa shape index (κ2) is 14.9. The molecule has 0 spiro atoms. The molecule has 0 aliphatic heterocycles. The third-order valence-electron chi connectivity index (χ3n) is 12.5. The van der Waals surface area contributed by atoms with Crippen LogP contribution in [0.1, 0.15) is 143 Å². The summed E-state index contributed by atoms with van der Waals surface area (Å²) in [5, 5.41) is 23.6. The van der Waals surface area contributed by atoms with Crippen molar-refractivity contribution >= 4 is 17.5 Å². The molecular formula is C38H59FO6. The van der Waals surface area contributed by atoms with Crippen LogP contribution >= 0.6 is 0 Å². The van der Waals surface area contributed by atoms with E-state index < -0.39 is 58.4 Å². The van der Waals surface area contributed by atoms with Crippen LogP contribution in [-0.4, -0.2) is 51.7 Å². The maximum atomic E-state index is 17.3. The van der Waals surface area contributed by atoms with Crippen LogP contribution in [0.5, 0.6) is 0 Å². The zero-order chi connectivity index (χ0) is 32.9. The Balaban J connectivity index is 1.24. The average Bonchev–Trinajstić information content (AvgIpc) is 3.20. The fraction of sp³-hybridized carbons (Fsp3) is 0.816. The van der Waals surface area contributed by atoms with Gasteiger partial charge in [0.25, 0.3) is 0 Å². The molecule has 4 rings (SSSR count). The molecule has 0 amide bonds. The highest BCUT2D eigenvalue weighted by atomic mass is 19.1.